The molecule has 0 bridgehead atoms. The number of aromatic amines is 2. The minimum Gasteiger partial charge on any atom is -0.508 e. The van der Waals surface area contributed by atoms with E-state index >= 15 is 0 Å². The lowest BCUT2D eigenvalue weighted by atomic mass is 10.2. The Labute approximate surface area is 586 Å². The van der Waals surface area contributed by atoms with E-state index in [-0.39, 0.29) is 106 Å². The van der Waals surface area contributed by atoms with Crippen LogP contribution in [0.25, 0.3) is 0 Å². The number of nitrogens with zero attached hydrogens (tertiary/aromatic N) is 2. The highest BCUT2D eigenvalue weighted by Crippen LogP contribution is 2.26. The Balaban J connectivity index is 0.000000272. The maximum absolute atomic E-state index is 12.9. The lowest BCUT2D eigenvalue weighted by Crippen LogP contribution is -2.49. The minimum atomic E-state index is -1.22. The molecule has 0 unspecified atom stereocenters. The van der Waals surface area contributed by atoms with E-state index in [0.29, 0.717) is 37.6 Å². The summed E-state index contributed by atoms with van der Waals surface area (Å²) in [6.45, 7) is 4.89. The number of aromatic nitrogens is 4. The first-order valence-corrected chi connectivity index (χ1v) is 31.7. The summed E-state index contributed by atoms with van der Waals surface area (Å²) < 4.78 is 14.0. The number of nitrogens with two attached hydrogens (primary N) is 1. The number of methoxy groups -OCH3 is 3. The van der Waals surface area contributed by atoms with Crippen LogP contribution < -0.4 is 59.4 Å². The Bertz CT molecular complexity index is 4170. The normalized spacial score (nSPS) is 11.2. The molecule has 528 valence electrons. The molecular formula is C64H68ClN13O19S3. The molecule has 5 aromatic heterocycles. The Morgan fingerprint density at radius 2 is 0.750 bits per heavy atom. The zero-order chi connectivity index (χ0) is 72.5. The van der Waals surface area contributed by atoms with Gasteiger partial charge in [-0.1, -0.05) is 36.4 Å². The molecule has 0 saturated carbocycles. The molecule has 0 fully saturated rings. The number of phenolic OH excluding ortho intramolecular Hbond substituents is 3. The second-order valence-corrected chi connectivity index (χ2v) is 24.0. The summed E-state index contributed by atoms with van der Waals surface area (Å²) in [4.78, 5) is 172. The number of ether oxygens (including phenoxy) is 3. The van der Waals surface area contributed by atoms with Gasteiger partial charge in [-0.15, -0.1) is 46.4 Å². The van der Waals surface area contributed by atoms with Crippen LogP contribution in [0.4, 0.5) is 0 Å². The van der Waals surface area contributed by atoms with Gasteiger partial charge >= 0.3 is 17.9 Å². The van der Waals surface area contributed by atoms with Gasteiger partial charge in [0.15, 0.2) is 0 Å². The number of phenols is 3. The maximum atomic E-state index is 12.9. The number of benzene rings is 3. The van der Waals surface area contributed by atoms with Crippen LogP contribution in [0.5, 0.6) is 17.2 Å². The molecule has 8 aromatic rings. The third-order valence-electron chi connectivity index (χ3n) is 13.5. The van der Waals surface area contributed by atoms with Crippen molar-refractivity contribution in [3.8, 4) is 17.2 Å². The van der Waals surface area contributed by atoms with Crippen molar-refractivity contribution in [3.63, 3.8) is 0 Å². The molecule has 0 aliphatic heterocycles. The number of amides is 8. The molecule has 8 rings (SSSR count). The second kappa shape index (κ2) is 38.3. The van der Waals surface area contributed by atoms with Crippen molar-refractivity contribution in [3.05, 3.63) is 211 Å². The molecule has 36 heteroatoms. The van der Waals surface area contributed by atoms with Gasteiger partial charge < -0.3 is 87.8 Å². The summed E-state index contributed by atoms with van der Waals surface area (Å²) >= 11 is 2.90. The number of aryl methyl sites for hydroxylation is 3. The quantitative estimate of drug-likeness (QED) is 0.0288. The lowest BCUT2D eigenvalue weighted by molar-refractivity contribution is -0.143. The van der Waals surface area contributed by atoms with E-state index in [1.807, 2.05) is 0 Å². The Morgan fingerprint density at radius 1 is 0.450 bits per heavy atom. The highest BCUT2D eigenvalue weighted by atomic mass is 35.5. The number of H-pyrrole nitrogens is 2. The molecule has 3 atom stereocenters. The van der Waals surface area contributed by atoms with Crippen LogP contribution >= 0.6 is 46.4 Å². The van der Waals surface area contributed by atoms with Gasteiger partial charge in [-0.25, -0.2) is 24.4 Å². The summed E-state index contributed by atoms with van der Waals surface area (Å²) in [6.07, 6.45) is 4.11. The topological polar surface area (TPSA) is 490 Å². The van der Waals surface area contributed by atoms with Gasteiger partial charge in [0.2, 0.25) is 0 Å². The van der Waals surface area contributed by atoms with Gasteiger partial charge in [-0.3, -0.25) is 47.9 Å². The van der Waals surface area contributed by atoms with Crippen molar-refractivity contribution in [2.75, 3.05) is 41.0 Å². The number of aromatic hydroxyl groups is 3. The second-order valence-electron chi connectivity index (χ2n) is 20.8. The van der Waals surface area contributed by atoms with Crippen LogP contribution in [0.1, 0.15) is 112 Å². The SMILES string of the molecule is COC(=O)[C@H](CN)NC(=O)c1sc(C(=O)NCc2cccc(O)c2)cc1C.COC(=O)[C@H](CNC(=O)c1c[nH]c(=O)cn1)NC(=O)c1sc(C(=O)NCc2cccc(O)c2)cc1C.COC(=O)[C@H](CNC(=O)c1c[nH]c(=O)cn1)NC(=O)c1sc(C(=O)NCc2cccc(O)c2)cc1C.Cl. The first kappa shape index (κ1) is 79.0. The van der Waals surface area contributed by atoms with Crippen molar-refractivity contribution in [2.24, 2.45) is 5.73 Å². The zero-order valence-corrected chi connectivity index (χ0v) is 57.2. The number of nitrogens with one attached hydrogen (secondary N) is 10. The molecule has 0 radical (unpaired) electrons. The minimum absolute atomic E-state index is 0. The third kappa shape index (κ3) is 23.6. The first-order valence-electron chi connectivity index (χ1n) is 29.2. The monoisotopic (exact) mass is 1450 g/mol. The fraction of sp³-hybridized carbons (Fsp3) is 0.234. The Hall–Kier alpha value is -11.7. The van der Waals surface area contributed by atoms with Crippen LogP contribution in [0.2, 0.25) is 0 Å². The lowest BCUT2D eigenvalue weighted by Gasteiger charge is -2.17. The summed E-state index contributed by atoms with van der Waals surface area (Å²) in [6, 6.07) is 20.8. The fourth-order valence-electron chi connectivity index (χ4n) is 8.47. The van der Waals surface area contributed by atoms with Crippen LogP contribution in [-0.2, 0) is 48.2 Å². The summed E-state index contributed by atoms with van der Waals surface area (Å²) in [5.74, 6) is -6.19. The van der Waals surface area contributed by atoms with Gasteiger partial charge in [0, 0.05) is 51.7 Å². The summed E-state index contributed by atoms with van der Waals surface area (Å²) in [7, 11) is 3.48. The van der Waals surface area contributed by atoms with E-state index in [1.165, 1.54) is 31.4 Å². The molecule has 0 saturated heterocycles. The molecule has 100 heavy (non-hydrogen) atoms. The highest BCUT2D eigenvalue weighted by molar-refractivity contribution is 7.17. The van der Waals surface area contributed by atoms with E-state index < -0.39 is 88.5 Å². The molecule has 0 aliphatic carbocycles. The third-order valence-corrected chi connectivity index (χ3v) is 17.2. The van der Waals surface area contributed by atoms with Crippen molar-refractivity contribution in [2.45, 2.75) is 58.5 Å². The number of rotatable bonds is 25. The van der Waals surface area contributed by atoms with Gasteiger partial charge in [0.05, 0.1) is 63.0 Å². The fourth-order valence-corrected chi connectivity index (χ4v) is 11.4. The van der Waals surface area contributed by atoms with Gasteiger partial charge in [0.25, 0.3) is 58.4 Å². The zero-order valence-electron chi connectivity index (χ0n) is 53.9. The molecule has 32 nitrogen and oxygen atoms in total. The molecule has 15 N–H and O–H groups in total. The van der Waals surface area contributed by atoms with Crippen LogP contribution in [0.15, 0.2) is 125 Å². The number of hydrogen-bond donors (Lipinski definition) is 14. The Kier molecular flexibility index (Phi) is 30.3. The molecule has 0 spiro atoms. The Morgan fingerprint density at radius 3 is 1.02 bits per heavy atom. The molecule has 5 heterocycles. The number of halogens is 1. The van der Waals surface area contributed by atoms with E-state index in [1.54, 1.807) is 87.5 Å². The van der Waals surface area contributed by atoms with Crippen molar-refractivity contribution >= 4 is 112 Å². The van der Waals surface area contributed by atoms with Crippen molar-refractivity contribution < 1.29 is 82.3 Å². The summed E-state index contributed by atoms with van der Waals surface area (Å²) in [5, 5.41) is 49.1. The number of esters is 3. The molecule has 0 aliphatic rings. The molecule has 8 amide bonds. The van der Waals surface area contributed by atoms with Gasteiger partial charge in [-0.2, -0.15) is 0 Å². The van der Waals surface area contributed by atoms with Crippen LogP contribution in [0, 0.1) is 20.8 Å². The van der Waals surface area contributed by atoms with Gasteiger partial charge in [0.1, 0.15) is 46.8 Å². The van der Waals surface area contributed by atoms with E-state index in [2.05, 4.69) is 67.2 Å². The molecule has 3 aromatic carbocycles. The van der Waals surface area contributed by atoms with Crippen molar-refractivity contribution in [1.82, 2.24) is 62.5 Å². The van der Waals surface area contributed by atoms with E-state index in [4.69, 9.17) is 15.2 Å². The van der Waals surface area contributed by atoms with Gasteiger partial charge in [-0.05, 0) is 109 Å². The highest BCUT2D eigenvalue weighted by Gasteiger charge is 2.29. The average Bonchev–Trinajstić information content (AvgIpc) is 1.69. The first-order chi connectivity index (χ1) is 47.2. The van der Waals surface area contributed by atoms with E-state index in [0.717, 1.165) is 78.6 Å². The predicted octanol–water partition coefficient (Wildman–Crippen LogP) is 2.30. The standard InChI is InChI=1S/2C23H23N5O7S.C18H21N3O5S.ClH/c2*1-12-6-17(21(32)26-8-13-4-3-5-14(29)7-13)36-19(12)22(33)28-16(23(34)35-2)10-27-20(31)15-9-25-18(30)11-24-15;1-10-6-14(16(23)20-9-11-4-3-5-12(22)7-11)27-15(10)17(24)21-13(8-19)18(25)26-2;/h2*3-7,9,11,16,29H,8,10H2,1-2H3,(H,25,30)(H,26,32)(H,27,31)(H,28,33);3-7,13,22H,8-9,19H2,1-2H3,(H,20,23)(H,21,24);1H/t2*16-;13-;/m000./s1. The number of carbonyl (C=O) groups excluding carboxylic acids is 11. The van der Waals surface area contributed by atoms with Crippen molar-refractivity contribution in [1.29, 1.82) is 0 Å². The number of thiophene rings is 3. The smallest absolute Gasteiger partial charge is 0.330 e. The molecular weight excluding hydrogens is 1390 g/mol. The van der Waals surface area contributed by atoms with E-state index in [9.17, 15) is 77.6 Å². The number of hydrogen-bond acceptors (Lipinski definition) is 25. The summed E-state index contributed by atoms with van der Waals surface area (Å²) in [5.41, 5.74) is 8.15. The largest absolute Gasteiger partial charge is 0.508 e. The maximum Gasteiger partial charge on any atom is 0.330 e. The average molecular weight is 1450 g/mol. The van der Waals surface area contributed by atoms with Crippen LogP contribution in [-0.4, -0.2) is 160 Å². The predicted molar refractivity (Wildman–Crippen MR) is 365 cm³/mol. The van der Waals surface area contributed by atoms with Crippen LogP contribution in [0.3, 0.4) is 0 Å². The number of carbonyl (C=O) groups is 11.